The maximum Gasteiger partial charge on any atom is 0.264 e. The number of methoxy groups -OCH3 is 1. The Labute approximate surface area is 285 Å². The molecule has 0 unspecified atom stereocenters. The lowest BCUT2D eigenvalue weighted by Gasteiger charge is -2.27. The first-order chi connectivity index (χ1) is 22.5. The van der Waals surface area contributed by atoms with Crippen LogP contribution in [0.15, 0.2) is 95.4 Å². The first-order valence-corrected chi connectivity index (χ1v) is 19.6. The van der Waals surface area contributed by atoms with Crippen molar-refractivity contribution >= 4 is 37.3 Å². The minimum atomic E-state index is -4.31. The summed E-state index contributed by atoms with van der Waals surface area (Å²) in [5.41, 5.74) is 7.89. The minimum Gasteiger partial charge on any atom is -0.748 e. The molecule has 3 aliphatic rings. The average Bonchev–Trinajstić information content (AvgIpc) is 3.36. The van der Waals surface area contributed by atoms with Gasteiger partial charge in [0.15, 0.2) is 5.71 Å². The summed E-state index contributed by atoms with van der Waals surface area (Å²) in [4.78, 5) is 2.15. The third-order valence-electron chi connectivity index (χ3n) is 9.72. The number of ether oxygens (including phenoxy) is 1. The highest BCUT2D eigenvalue weighted by Gasteiger charge is 2.44. The van der Waals surface area contributed by atoms with Gasteiger partial charge in [0.1, 0.15) is 12.3 Å². The normalized spacial score (nSPS) is 20.7. The zero-order valence-electron chi connectivity index (χ0n) is 28.4. The van der Waals surface area contributed by atoms with Gasteiger partial charge < -0.3 is 14.2 Å². The van der Waals surface area contributed by atoms with Crippen molar-refractivity contribution in [2.75, 3.05) is 36.6 Å². The molecule has 0 spiro atoms. The van der Waals surface area contributed by atoms with E-state index < -0.39 is 26.0 Å². The van der Waals surface area contributed by atoms with Gasteiger partial charge in [0.25, 0.3) is 10.1 Å². The summed E-state index contributed by atoms with van der Waals surface area (Å²) in [7, 11) is -6.69. The number of allylic oxidation sites excluding steroid dienone is 7. The van der Waals surface area contributed by atoms with Crippen LogP contribution in [0, 0.1) is 0 Å². The standard InChI is InChI=1S/C37H46N2O7S2/c1-36(2)29-15-6-8-17-31(29)38(23-11-25-47(40,41)42)33(36)21-19-27-13-10-14-28(35(27)46-5)20-22-34-37(3,4)30-16-7-9-18-32(30)39(34)24-12-26-48(43,44)45/h6-9,15-22H,10-14,23-26H2,1-5H3,(H-,40,41,42,43,44,45). The van der Waals surface area contributed by atoms with Crippen molar-refractivity contribution in [1.82, 2.24) is 0 Å². The Balaban J connectivity index is 1.50. The molecule has 0 radical (unpaired) electrons. The molecular weight excluding hydrogens is 649 g/mol. The van der Waals surface area contributed by atoms with Gasteiger partial charge >= 0.3 is 0 Å². The van der Waals surface area contributed by atoms with Crippen molar-refractivity contribution in [2.45, 2.75) is 70.6 Å². The summed E-state index contributed by atoms with van der Waals surface area (Å²) in [5, 5.41) is 0. The van der Waals surface area contributed by atoms with Crippen LogP contribution in [0.2, 0.25) is 0 Å². The van der Waals surface area contributed by atoms with Crippen molar-refractivity contribution in [1.29, 1.82) is 0 Å². The number of nitrogens with zero attached hydrogens (tertiary/aromatic N) is 2. The molecule has 2 aromatic rings. The van der Waals surface area contributed by atoms with Crippen LogP contribution in [-0.2, 0) is 35.8 Å². The lowest BCUT2D eigenvalue weighted by atomic mass is 9.81. The third-order valence-corrected chi connectivity index (χ3v) is 11.3. The fraction of sp³-hybridized carbons (Fsp3) is 0.432. The molecule has 0 saturated heterocycles. The summed E-state index contributed by atoms with van der Waals surface area (Å²) < 4.78 is 74.5. The van der Waals surface area contributed by atoms with Crippen molar-refractivity contribution in [3.63, 3.8) is 0 Å². The van der Waals surface area contributed by atoms with E-state index in [2.05, 4.69) is 73.6 Å². The first-order valence-electron chi connectivity index (χ1n) is 16.4. The number of fused-ring (bicyclic) bond motifs is 2. The molecule has 11 heteroatoms. The van der Waals surface area contributed by atoms with Crippen LogP contribution in [-0.4, -0.2) is 67.9 Å². The van der Waals surface area contributed by atoms with Gasteiger partial charge in [-0.1, -0.05) is 56.3 Å². The van der Waals surface area contributed by atoms with E-state index in [1.165, 1.54) is 0 Å². The molecule has 0 fully saturated rings. The van der Waals surface area contributed by atoms with Crippen LogP contribution >= 0.6 is 0 Å². The Bertz CT molecular complexity index is 1950. The van der Waals surface area contributed by atoms with Gasteiger partial charge in [-0.25, -0.2) is 8.42 Å². The van der Waals surface area contributed by atoms with Crippen LogP contribution < -0.4 is 4.90 Å². The largest absolute Gasteiger partial charge is 0.748 e. The molecule has 0 atom stereocenters. The predicted molar refractivity (Wildman–Crippen MR) is 189 cm³/mol. The van der Waals surface area contributed by atoms with Gasteiger partial charge in [-0.15, -0.1) is 0 Å². The molecule has 2 aromatic carbocycles. The Morgan fingerprint density at radius 3 is 2.27 bits per heavy atom. The van der Waals surface area contributed by atoms with E-state index in [1.807, 2.05) is 36.4 Å². The van der Waals surface area contributed by atoms with Crippen molar-refractivity contribution in [3.05, 3.63) is 107 Å². The highest BCUT2D eigenvalue weighted by Crippen LogP contribution is 2.48. The van der Waals surface area contributed by atoms with Gasteiger partial charge in [-0.2, -0.15) is 13.0 Å². The van der Waals surface area contributed by atoms with Crippen LogP contribution in [0.4, 0.5) is 11.4 Å². The van der Waals surface area contributed by atoms with Gasteiger partial charge in [-0.05, 0) is 74.5 Å². The van der Waals surface area contributed by atoms with Crippen molar-refractivity contribution in [3.8, 4) is 0 Å². The lowest BCUT2D eigenvalue weighted by Crippen LogP contribution is -2.28. The summed E-state index contributed by atoms with van der Waals surface area (Å²) in [6.45, 7) is 9.50. The van der Waals surface area contributed by atoms with E-state index in [9.17, 15) is 25.9 Å². The fourth-order valence-electron chi connectivity index (χ4n) is 7.41. The smallest absolute Gasteiger partial charge is 0.264 e. The second kappa shape index (κ2) is 13.8. The van der Waals surface area contributed by atoms with Gasteiger partial charge in [-0.3, -0.25) is 4.55 Å². The maximum atomic E-state index is 11.5. The monoisotopic (exact) mass is 694 g/mol. The van der Waals surface area contributed by atoms with Crippen molar-refractivity contribution in [2.24, 2.45) is 0 Å². The minimum absolute atomic E-state index is 0.230. The van der Waals surface area contributed by atoms with Gasteiger partial charge in [0.2, 0.25) is 5.69 Å². The lowest BCUT2D eigenvalue weighted by molar-refractivity contribution is -0.437. The molecule has 48 heavy (non-hydrogen) atoms. The SMILES string of the molecule is COC1=C(/C=C/C2=[N+](CCCS(=O)(=O)[O-])c3ccccc3C2(C)C)CCC/C1=C\C=C1\N(CCCS(=O)(=O)O)c2ccccc2C1(C)C. The van der Waals surface area contributed by atoms with E-state index in [0.29, 0.717) is 13.1 Å². The quantitative estimate of drug-likeness (QED) is 0.197. The molecule has 0 aromatic heterocycles. The summed E-state index contributed by atoms with van der Waals surface area (Å²) >= 11 is 0. The first kappa shape index (κ1) is 35.8. The molecule has 1 aliphatic carbocycles. The molecule has 0 saturated carbocycles. The van der Waals surface area contributed by atoms with Crippen molar-refractivity contribution < 1.29 is 35.3 Å². The summed E-state index contributed by atoms with van der Waals surface area (Å²) in [6, 6.07) is 16.2. The molecule has 2 aliphatic heterocycles. The molecule has 5 rings (SSSR count). The van der Waals surface area contributed by atoms with Crippen LogP contribution in [0.25, 0.3) is 0 Å². The summed E-state index contributed by atoms with van der Waals surface area (Å²) in [6.07, 6.45) is 11.6. The molecular formula is C37H46N2O7S2. The summed E-state index contributed by atoms with van der Waals surface area (Å²) in [5.74, 6) is 0.104. The number of anilines is 1. The Hall–Kier alpha value is -3.51. The van der Waals surface area contributed by atoms with Gasteiger partial charge in [0, 0.05) is 53.2 Å². The molecule has 2 heterocycles. The fourth-order valence-corrected chi connectivity index (χ4v) is 8.39. The zero-order valence-corrected chi connectivity index (χ0v) is 30.0. The average molecular weight is 695 g/mol. The van der Waals surface area contributed by atoms with E-state index in [0.717, 1.165) is 70.1 Å². The molecule has 0 amide bonds. The van der Waals surface area contributed by atoms with Crippen LogP contribution in [0.1, 0.15) is 70.9 Å². The van der Waals surface area contributed by atoms with E-state index in [1.54, 1.807) is 7.11 Å². The molecule has 258 valence electrons. The van der Waals surface area contributed by atoms with Gasteiger partial charge in [0.05, 0.1) is 28.4 Å². The predicted octanol–water partition coefficient (Wildman–Crippen LogP) is 6.52. The second-order valence-corrected chi connectivity index (χ2v) is 16.8. The molecule has 1 N–H and O–H groups in total. The third kappa shape index (κ3) is 7.54. The van der Waals surface area contributed by atoms with E-state index in [4.69, 9.17) is 4.74 Å². The molecule has 9 nitrogen and oxygen atoms in total. The number of hydrogen-bond acceptors (Lipinski definition) is 7. The number of rotatable bonds is 12. The number of benzene rings is 2. The second-order valence-electron chi connectivity index (χ2n) is 13.7. The highest BCUT2D eigenvalue weighted by atomic mass is 32.2. The highest BCUT2D eigenvalue weighted by molar-refractivity contribution is 7.85. The Morgan fingerprint density at radius 2 is 1.58 bits per heavy atom. The Morgan fingerprint density at radius 1 is 0.896 bits per heavy atom. The molecule has 0 bridgehead atoms. The van der Waals surface area contributed by atoms with Crippen LogP contribution in [0.3, 0.4) is 0 Å². The van der Waals surface area contributed by atoms with E-state index in [-0.39, 0.29) is 29.4 Å². The van der Waals surface area contributed by atoms with Crippen LogP contribution in [0.5, 0.6) is 0 Å². The van der Waals surface area contributed by atoms with E-state index >= 15 is 0 Å². The number of para-hydroxylation sites is 2. The zero-order chi connectivity index (χ0) is 34.9. The topological polar surface area (TPSA) is 127 Å². The Kier molecular flexibility index (Phi) is 10.3. The number of hydrogen-bond donors (Lipinski definition) is 1. The maximum absolute atomic E-state index is 11.5.